The standard InChI is InChI=1S/C18H17NO4/c1-18(2)7-13(20)15(14(21)8-18)19-9-12-16(22)10-5-3-4-6-11(10)17(12)23/h3-6,9,15,22H,7-8H2,1-2H3. The number of ketones is 3. The summed E-state index contributed by atoms with van der Waals surface area (Å²) < 4.78 is 0. The minimum atomic E-state index is -1.07. The van der Waals surface area contributed by atoms with E-state index < -0.39 is 6.04 Å². The Kier molecular flexibility index (Phi) is 3.51. The molecule has 1 aromatic rings. The number of carbonyl (C=O) groups is 3. The predicted octanol–water partition coefficient (Wildman–Crippen LogP) is 2.55. The van der Waals surface area contributed by atoms with Gasteiger partial charge in [0.2, 0.25) is 0 Å². The molecule has 2 aliphatic carbocycles. The van der Waals surface area contributed by atoms with Gasteiger partial charge in [0.05, 0.1) is 5.57 Å². The van der Waals surface area contributed by atoms with E-state index in [9.17, 15) is 19.5 Å². The van der Waals surface area contributed by atoms with Crippen LogP contribution < -0.4 is 0 Å². The number of hydrogen-bond acceptors (Lipinski definition) is 5. The van der Waals surface area contributed by atoms with Crippen LogP contribution in [0.25, 0.3) is 5.76 Å². The average Bonchev–Trinajstić information content (AvgIpc) is 2.70. The van der Waals surface area contributed by atoms with Gasteiger partial charge in [-0.3, -0.25) is 19.4 Å². The smallest absolute Gasteiger partial charge is 0.199 e. The number of Topliss-reactive ketones (excluding diaryl/α,β-unsaturated/α-hetero) is 3. The number of aliphatic hydroxyl groups is 1. The topological polar surface area (TPSA) is 83.8 Å². The maximum atomic E-state index is 12.3. The Morgan fingerprint density at radius 2 is 1.65 bits per heavy atom. The first-order valence-corrected chi connectivity index (χ1v) is 7.46. The molecule has 0 bridgehead atoms. The Morgan fingerprint density at radius 1 is 1.09 bits per heavy atom. The molecule has 0 spiro atoms. The van der Waals surface area contributed by atoms with Crippen LogP contribution in [0.5, 0.6) is 0 Å². The largest absolute Gasteiger partial charge is 0.506 e. The van der Waals surface area contributed by atoms with E-state index >= 15 is 0 Å². The van der Waals surface area contributed by atoms with Gasteiger partial charge in [-0.05, 0) is 5.41 Å². The summed E-state index contributed by atoms with van der Waals surface area (Å²) in [6, 6.07) is 5.62. The van der Waals surface area contributed by atoms with Crippen LogP contribution in [0, 0.1) is 5.41 Å². The van der Waals surface area contributed by atoms with Crippen LogP contribution in [0.15, 0.2) is 34.8 Å². The molecule has 0 atom stereocenters. The summed E-state index contributed by atoms with van der Waals surface area (Å²) in [5, 5.41) is 10.2. The Hall–Kier alpha value is -2.56. The molecule has 0 unspecified atom stereocenters. The van der Waals surface area contributed by atoms with Crippen molar-refractivity contribution in [3.05, 3.63) is 41.0 Å². The molecule has 0 amide bonds. The summed E-state index contributed by atoms with van der Waals surface area (Å²) in [6.07, 6.45) is 1.72. The predicted molar refractivity (Wildman–Crippen MR) is 85.6 cm³/mol. The highest BCUT2D eigenvalue weighted by Crippen LogP contribution is 2.33. The molecule has 0 radical (unpaired) electrons. The monoisotopic (exact) mass is 311 g/mol. The molecule has 1 aromatic carbocycles. The summed E-state index contributed by atoms with van der Waals surface area (Å²) in [6.45, 7) is 3.74. The van der Waals surface area contributed by atoms with Gasteiger partial charge in [0, 0.05) is 30.2 Å². The number of carbonyl (C=O) groups excluding carboxylic acids is 3. The third-order valence-corrected chi connectivity index (χ3v) is 4.19. The number of fused-ring (bicyclic) bond motifs is 1. The molecule has 23 heavy (non-hydrogen) atoms. The lowest BCUT2D eigenvalue weighted by Crippen LogP contribution is -2.40. The first kappa shape index (κ1) is 15.3. The zero-order chi connectivity index (χ0) is 16.8. The lowest BCUT2D eigenvalue weighted by atomic mass is 9.74. The van der Waals surface area contributed by atoms with Gasteiger partial charge in [-0.15, -0.1) is 0 Å². The number of hydrogen-bond donors (Lipinski definition) is 1. The van der Waals surface area contributed by atoms with Crippen LogP contribution in [-0.2, 0) is 9.59 Å². The number of allylic oxidation sites excluding steroid dienone is 1. The van der Waals surface area contributed by atoms with Gasteiger partial charge in [0.1, 0.15) is 5.76 Å². The fourth-order valence-electron chi connectivity index (χ4n) is 3.10. The minimum absolute atomic E-state index is 0.0247. The SMILES string of the molecule is CC1(C)CC(=O)C(N=CC2=C(O)c3ccccc3C2=O)C(=O)C1. The number of benzene rings is 1. The molecule has 1 saturated carbocycles. The van der Waals surface area contributed by atoms with E-state index in [0.717, 1.165) is 6.21 Å². The van der Waals surface area contributed by atoms with Crippen LogP contribution in [0.1, 0.15) is 42.6 Å². The molecule has 0 saturated heterocycles. The highest BCUT2D eigenvalue weighted by Gasteiger charge is 2.39. The van der Waals surface area contributed by atoms with Crippen molar-refractivity contribution in [2.45, 2.75) is 32.7 Å². The highest BCUT2D eigenvalue weighted by atomic mass is 16.3. The molecule has 1 fully saturated rings. The van der Waals surface area contributed by atoms with Crippen molar-refractivity contribution in [3.63, 3.8) is 0 Å². The van der Waals surface area contributed by atoms with E-state index in [2.05, 4.69) is 4.99 Å². The van der Waals surface area contributed by atoms with Crippen molar-refractivity contribution < 1.29 is 19.5 Å². The number of nitrogens with zero attached hydrogens (tertiary/aromatic N) is 1. The van der Waals surface area contributed by atoms with Gasteiger partial charge < -0.3 is 5.11 Å². The van der Waals surface area contributed by atoms with E-state index in [0.29, 0.717) is 11.1 Å². The van der Waals surface area contributed by atoms with Crippen LogP contribution in [0.4, 0.5) is 0 Å². The molecular formula is C18H17NO4. The molecule has 0 aromatic heterocycles. The Balaban J connectivity index is 1.87. The van der Waals surface area contributed by atoms with Gasteiger partial charge in [-0.2, -0.15) is 0 Å². The van der Waals surface area contributed by atoms with Gasteiger partial charge >= 0.3 is 0 Å². The maximum absolute atomic E-state index is 12.3. The fourth-order valence-corrected chi connectivity index (χ4v) is 3.10. The van der Waals surface area contributed by atoms with Crippen molar-refractivity contribution in [3.8, 4) is 0 Å². The third kappa shape index (κ3) is 2.63. The van der Waals surface area contributed by atoms with Crippen molar-refractivity contribution in [1.82, 2.24) is 0 Å². The first-order chi connectivity index (χ1) is 10.8. The summed E-state index contributed by atoms with van der Waals surface area (Å²) in [5.74, 6) is -1.00. The molecule has 5 nitrogen and oxygen atoms in total. The Labute approximate surface area is 133 Å². The molecule has 1 N–H and O–H groups in total. The van der Waals surface area contributed by atoms with Gasteiger partial charge in [-0.25, -0.2) is 0 Å². The van der Waals surface area contributed by atoms with Crippen molar-refractivity contribution in [1.29, 1.82) is 0 Å². The summed E-state index contributed by atoms with van der Waals surface area (Å²) in [5.41, 5.74) is 0.521. The molecular weight excluding hydrogens is 294 g/mol. The molecule has 0 heterocycles. The van der Waals surface area contributed by atoms with Gasteiger partial charge in [-0.1, -0.05) is 38.1 Å². The van der Waals surface area contributed by atoms with Crippen LogP contribution in [0.3, 0.4) is 0 Å². The number of aliphatic hydroxyl groups excluding tert-OH is 1. The minimum Gasteiger partial charge on any atom is -0.506 e. The zero-order valence-corrected chi connectivity index (χ0v) is 13.0. The third-order valence-electron chi connectivity index (χ3n) is 4.19. The van der Waals surface area contributed by atoms with Gasteiger partial charge in [0.15, 0.2) is 23.4 Å². The van der Waals surface area contributed by atoms with Crippen LogP contribution >= 0.6 is 0 Å². The molecule has 0 aliphatic heterocycles. The summed E-state index contributed by atoms with van der Waals surface area (Å²) in [4.78, 5) is 40.5. The number of rotatable bonds is 2. The quantitative estimate of drug-likeness (QED) is 0.672. The summed E-state index contributed by atoms with van der Waals surface area (Å²) in [7, 11) is 0. The van der Waals surface area contributed by atoms with Crippen molar-refractivity contribution in [2.24, 2.45) is 10.4 Å². The Bertz CT molecular complexity index is 766. The first-order valence-electron chi connectivity index (χ1n) is 7.46. The second kappa shape index (κ2) is 5.26. The molecule has 3 rings (SSSR count). The van der Waals surface area contributed by atoms with E-state index in [1.54, 1.807) is 24.3 Å². The second-order valence-electron chi connectivity index (χ2n) is 6.77. The Morgan fingerprint density at radius 3 is 2.22 bits per heavy atom. The average molecular weight is 311 g/mol. The zero-order valence-electron chi connectivity index (χ0n) is 13.0. The van der Waals surface area contributed by atoms with Crippen LogP contribution in [0.2, 0.25) is 0 Å². The molecule has 5 heteroatoms. The lowest BCUT2D eigenvalue weighted by molar-refractivity contribution is -0.135. The van der Waals surface area contributed by atoms with Gasteiger partial charge in [0.25, 0.3) is 0 Å². The van der Waals surface area contributed by atoms with Crippen molar-refractivity contribution >= 4 is 29.3 Å². The van der Waals surface area contributed by atoms with Crippen molar-refractivity contribution in [2.75, 3.05) is 0 Å². The number of aliphatic imine (C=N–C) groups is 1. The molecule has 118 valence electrons. The maximum Gasteiger partial charge on any atom is 0.199 e. The van der Waals surface area contributed by atoms with E-state index in [4.69, 9.17) is 0 Å². The molecule has 2 aliphatic rings. The highest BCUT2D eigenvalue weighted by molar-refractivity contribution is 6.30. The fraction of sp³-hybridized carbons (Fsp3) is 0.333. The van der Waals surface area contributed by atoms with E-state index in [1.807, 2.05) is 13.8 Å². The lowest BCUT2D eigenvalue weighted by Gasteiger charge is -2.30. The van der Waals surface area contributed by atoms with E-state index in [-0.39, 0.29) is 46.9 Å². The normalized spacial score (nSPS) is 21.4. The van der Waals surface area contributed by atoms with Crippen LogP contribution in [-0.4, -0.2) is 34.7 Å². The summed E-state index contributed by atoms with van der Waals surface area (Å²) >= 11 is 0. The second-order valence-corrected chi connectivity index (χ2v) is 6.77. The van der Waals surface area contributed by atoms with E-state index in [1.165, 1.54) is 0 Å².